The van der Waals surface area contributed by atoms with Gasteiger partial charge in [0.05, 0.1) is 25.8 Å². The number of nitrogens with two attached hydrogens (primary N) is 1. The number of morpholine rings is 1. The molecule has 2 aliphatic rings. The number of rotatable bonds is 12. The standard InChI is InChI=1S/C13H20N2O.C13H19NO.C12H13N.C11H17N.C10H14O.C9H11Cl.C9H13N.C8H11N/c1-11(2)14-7-9-15(10-8-14)12-3-5-13(16)6-4-12;1-11(2)12-3-5-13(6-4-12)14-7-9-15-10-8-14;1-9(2)10-5-6-12-11(8-10)4-3-7-13-12;1-9(2)10-5-7-11(8-6-10)12(3)4;1-8(2)9-4-6-10(11-3)7-5-9;2*1-7(2)8-4-3-5-9(10)6-8;1-7(2)8-5-3-4-6-9-8/h3-6,11,16H,7-10H2,1-2H3;3-6,11H,7-10H2,1-2H3;3-9H,1-2H3;5-9H,1-4H3;4-8H,1-3H3;3-7H,1-2H3;3-7H,10H2,1-2H3;3-7H,1-2H3. The molecule has 0 radical (unpaired) electrons. The lowest BCUT2D eigenvalue weighted by molar-refractivity contribution is 0.122. The van der Waals surface area contributed by atoms with E-state index in [0.29, 0.717) is 53.2 Å². The summed E-state index contributed by atoms with van der Waals surface area (Å²) >= 11 is 5.79. The molecule has 9 aromatic rings. The maximum absolute atomic E-state index is 9.24. The average molecular weight is 1320 g/mol. The van der Waals surface area contributed by atoms with Crippen molar-refractivity contribution in [2.24, 2.45) is 0 Å². The molecule has 2 aliphatic heterocycles. The van der Waals surface area contributed by atoms with Gasteiger partial charge in [0, 0.05) is 111 Å². The molecule has 0 bridgehead atoms. The predicted octanol–water partition coefficient (Wildman–Crippen LogP) is 21.7. The van der Waals surface area contributed by atoms with Crippen LogP contribution < -0.4 is 25.2 Å². The van der Waals surface area contributed by atoms with Gasteiger partial charge in [-0.2, -0.15) is 0 Å². The number of phenols is 1. The van der Waals surface area contributed by atoms with Crippen LogP contribution in [0.3, 0.4) is 0 Å². The summed E-state index contributed by atoms with van der Waals surface area (Å²) in [6, 6.07) is 66.5. The molecular weight excluding hydrogens is 1200 g/mol. The third-order valence-electron chi connectivity index (χ3n) is 16.7. The summed E-state index contributed by atoms with van der Waals surface area (Å²) in [5, 5.41) is 11.3. The van der Waals surface area contributed by atoms with Gasteiger partial charge in [0.1, 0.15) is 11.5 Å². The average Bonchev–Trinajstić information content (AvgIpc) is 0.955. The number of methoxy groups -OCH3 is 1. The van der Waals surface area contributed by atoms with Crippen LogP contribution in [0.25, 0.3) is 10.9 Å². The van der Waals surface area contributed by atoms with E-state index < -0.39 is 0 Å². The molecule has 518 valence electrons. The Kier molecular flexibility index (Phi) is 36.3. The van der Waals surface area contributed by atoms with Gasteiger partial charge in [-0.1, -0.05) is 187 Å². The highest BCUT2D eigenvalue weighted by atomic mass is 35.5. The van der Waals surface area contributed by atoms with Crippen molar-refractivity contribution in [3.05, 3.63) is 251 Å². The lowest BCUT2D eigenvalue weighted by Crippen LogP contribution is -2.48. The highest BCUT2D eigenvalue weighted by Gasteiger charge is 2.19. The summed E-state index contributed by atoms with van der Waals surface area (Å²) in [5.41, 5.74) is 20.6. The molecule has 11 heteroatoms. The maximum Gasteiger partial charge on any atom is 0.118 e. The van der Waals surface area contributed by atoms with Crippen LogP contribution in [-0.4, -0.2) is 99.7 Å². The summed E-state index contributed by atoms with van der Waals surface area (Å²) in [7, 11) is 5.80. The van der Waals surface area contributed by atoms with Crippen molar-refractivity contribution in [2.75, 3.05) is 94.1 Å². The highest BCUT2D eigenvalue weighted by molar-refractivity contribution is 6.30. The normalized spacial score (nSPS) is 12.8. The number of piperazine rings is 1. The summed E-state index contributed by atoms with van der Waals surface area (Å²) in [6.45, 7) is 43.2. The van der Waals surface area contributed by atoms with Crippen LogP contribution in [0.4, 0.5) is 22.7 Å². The largest absolute Gasteiger partial charge is 0.508 e. The van der Waals surface area contributed by atoms with Crippen LogP contribution in [0.15, 0.2) is 207 Å². The van der Waals surface area contributed by atoms with Gasteiger partial charge in [0.15, 0.2) is 0 Å². The number of pyridine rings is 2. The van der Waals surface area contributed by atoms with Gasteiger partial charge >= 0.3 is 0 Å². The number of anilines is 4. The molecule has 4 heterocycles. The fraction of sp³-hybridized carbons (Fsp3) is 0.412. The number of nitrogens with zero attached hydrogens (tertiary/aromatic N) is 6. The van der Waals surface area contributed by atoms with Crippen molar-refractivity contribution in [3.8, 4) is 11.5 Å². The van der Waals surface area contributed by atoms with E-state index in [1.807, 2.05) is 97.3 Å². The minimum absolute atomic E-state index is 0.338. The van der Waals surface area contributed by atoms with Crippen molar-refractivity contribution < 1.29 is 14.6 Å². The first kappa shape index (κ1) is 80.5. The zero-order chi connectivity index (χ0) is 70.7. The van der Waals surface area contributed by atoms with Crippen molar-refractivity contribution >= 4 is 45.3 Å². The van der Waals surface area contributed by atoms with E-state index >= 15 is 0 Å². The molecule has 96 heavy (non-hydrogen) atoms. The van der Waals surface area contributed by atoms with Crippen molar-refractivity contribution in [3.63, 3.8) is 0 Å². The van der Waals surface area contributed by atoms with Crippen LogP contribution >= 0.6 is 11.6 Å². The monoisotopic (exact) mass is 1320 g/mol. The molecule has 10 nitrogen and oxygen atoms in total. The molecule has 0 unspecified atom stereocenters. The molecular formula is C85H118ClN7O3. The van der Waals surface area contributed by atoms with Crippen molar-refractivity contribution in [1.29, 1.82) is 0 Å². The first-order valence-electron chi connectivity index (χ1n) is 34.7. The number of ether oxygens (including phenoxy) is 2. The molecule has 0 saturated carbocycles. The third kappa shape index (κ3) is 30.0. The summed E-state index contributed by atoms with van der Waals surface area (Å²) in [4.78, 5) is 17.8. The number of hydrogen-bond acceptors (Lipinski definition) is 10. The van der Waals surface area contributed by atoms with Gasteiger partial charge < -0.3 is 35.0 Å². The van der Waals surface area contributed by atoms with Crippen LogP contribution in [-0.2, 0) is 4.74 Å². The molecule has 11 rings (SSSR count). The summed E-state index contributed by atoms with van der Waals surface area (Å²) in [6.07, 6.45) is 3.66. The number of benzene rings is 7. The van der Waals surface area contributed by atoms with Crippen molar-refractivity contribution in [1.82, 2.24) is 14.9 Å². The topological polar surface area (TPSA) is 103 Å². The van der Waals surface area contributed by atoms with E-state index in [1.165, 1.54) is 55.8 Å². The number of nitrogen functional groups attached to an aromatic ring is 1. The van der Waals surface area contributed by atoms with Gasteiger partial charge in [-0.15, -0.1) is 0 Å². The molecule has 0 atom stereocenters. The Bertz CT molecular complexity index is 3410. The van der Waals surface area contributed by atoms with E-state index in [2.05, 4.69) is 252 Å². The molecule has 0 amide bonds. The quantitative estimate of drug-likeness (QED) is 0.115. The molecule has 3 N–H and O–H groups in total. The minimum atomic E-state index is 0.338. The van der Waals surface area contributed by atoms with E-state index in [9.17, 15) is 5.11 Å². The Morgan fingerprint density at radius 3 is 1.33 bits per heavy atom. The number of fused-ring (bicyclic) bond motifs is 1. The first-order chi connectivity index (χ1) is 45.8. The second-order valence-electron chi connectivity index (χ2n) is 27.1. The Labute approximate surface area is 585 Å². The lowest BCUT2D eigenvalue weighted by atomic mass is 10.0. The molecule has 2 fully saturated rings. The number of halogens is 1. The molecule has 7 aromatic carbocycles. The van der Waals surface area contributed by atoms with E-state index in [1.54, 1.807) is 19.2 Å². The Hall–Kier alpha value is -7.89. The summed E-state index contributed by atoms with van der Waals surface area (Å²) in [5.74, 6) is 5.38. The molecule has 2 aromatic heterocycles. The smallest absolute Gasteiger partial charge is 0.118 e. The number of aromatic nitrogens is 2. The van der Waals surface area contributed by atoms with Gasteiger partial charge in [-0.25, -0.2) is 0 Å². The fourth-order valence-corrected chi connectivity index (χ4v) is 10.4. The second-order valence-corrected chi connectivity index (χ2v) is 27.5. The van der Waals surface area contributed by atoms with E-state index in [-0.39, 0.29) is 0 Å². The number of hydrogen-bond donors (Lipinski definition) is 2. The number of phenolic OH excluding ortho intramolecular Hbond substituents is 1. The SMILES string of the molecule is CC(C)N1CCN(c2ccc(O)cc2)CC1.CC(C)c1ccc(N(C)C)cc1.CC(C)c1ccc(N2CCOCC2)cc1.CC(C)c1ccc2ncccc2c1.CC(C)c1cccc(Cl)c1.CC(C)c1cccc(N)c1.CC(C)c1ccccn1.COc1ccc(C(C)C)cc1. The van der Waals surface area contributed by atoms with Crippen molar-refractivity contribution in [2.45, 2.75) is 158 Å². The molecule has 0 aliphatic carbocycles. The molecule has 2 saturated heterocycles. The molecule has 0 spiro atoms. The summed E-state index contributed by atoms with van der Waals surface area (Å²) < 4.78 is 10.4. The van der Waals surface area contributed by atoms with Crippen LogP contribution in [0.1, 0.15) is 191 Å². The lowest BCUT2D eigenvalue weighted by Gasteiger charge is -2.38. The second kappa shape index (κ2) is 43.3. The highest BCUT2D eigenvalue weighted by Crippen LogP contribution is 2.25. The van der Waals surface area contributed by atoms with E-state index in [4.69, 9.17) is 26.8 Å². The first-order valence-corrected chi connectivity index (χ1v) is 35.1. The maximum atomic E-state index is 9.24. The van der Waals surface area contributed by atoms with Gasteiger partial charge in [-0.3, -0.25) is 14.9 Å². The van der Waals surface area contributed by atoms with Gasteiger partial charge in [-0.05, 0) is 204 Å². The van der Waals surface area contributed by atoms with Crippen LogP contribution in [0.5, 0.6) is 11.5 Å². The Morgan fingerprint density at radius 2 is 0.906 bits per heavy atom. The zero-order valence-corrected chi connectivity index (χ0v) is 62.6. The fourth-order valence-electron chi connectivity index (χ4n) is 10.2. The predicted molar refractivity (Wildman–Crippen MR) is 417 cm³/mol. The Balaban J connectivity index is 0.000000235. The van der Waals surface area contributed by atoms with Gasteiger partial charge in [0.25, 0.3) is 0 Å². The van der Waals surface area contributed by atoms with Crippen LogP contribution in [0, 0.1) is 0 Å². The minimum Gasteiger partial charge on any atom is -0.508 e. The van der Waals surface area contributed by atoms with Gasteiger partial charge in [0.2, 0.25) is 0 Å². The third-order valence-corrected chi connectivity index (χ3v) is 17.0. The van der Waals surface area contributed by atoms with Crippen LogP contribution in [0.2, 0.25) is 5.02 Å². The van der Waals surface area contributed by atoms with E-state index in [0.717, 1.165) is 80.2 Å². The Morgan fingerprint density at radius 1 is 0.448 bits per heavy atom. The number of aromatic hydroxyl groups is 1. The zero-order valence-electron chi connectivity index (χ0n) is 61.8.